The van der Waals surface area contributed by atoms with Crippen LogP contribution >= 0.6 is 0 Å². The smallest absolute Gasteiger partial charge is 0.123 e. The summed E-state index contributed by atoms with van der Waals surface area (Å²) in [5.74, 6) is -0.104. The molecule has 3 nitrogen and oxygen atoms in total. The maximum atomic E-state index is 13.7. The summed E-state index contributed by atoms with van der Waals surface area (Å²) < 4.78 is 19.3. The molecule has 1 saturated heterocycles. The van der Waals surface area contributed by atoms with Gasteiger partial charge in [-0.3, -0.25) is 0 Å². The van der Waals surface area contributed by atoms with Gasteiger partial charge in [-0.15, -0.1) is 0 Å². The molecule has 1 saturated carbocycles. The number of ether oxygens (including phenoxy) is 1. The predicted molar refractivity (Wildman–Crippen MR) is 112 cm³/mol. The van der Waals surface area contributed by atoms with Crippen molar-refractivity contribution in [3.8, 4) is 0 Å². The van der Waals surface area contributed by atoms with E-state index in [9.17, 15) is 9.50 Å². The third kappa shape index (κ3) is 4.55. The zero-order chi connectivity index (χ0) is 20.1. The first-order valence-electron chi connectivity index (χ1n) is 11.1. The summed E-state index contributed by atoms with van der Waals surface area (Å²) in [6.07, 6.45) is 5.59. The average Bonchev–Trinajstić information content (AvgIpc) is 2.79. The minimum atomic E-state index is -0.999. The lowest BCUT2D eigenvalue weighted by Crippen LogP contribution is -3.14. The van der Waals surface area contributed by atoms with Crippen LogP contribution in [0.3, 0.4) is 0 Å². The quantitative estimate of drug-likeness (QED) is 0.783. The molecule has 2 aliphatic rings. The Bertz CT molecular complexity index is 754. The molecule has 2 aromatic rings. The summed E-state index contributed by atoms with van der Waals surface area (Å²) in [6, 6.07) is 17.0. The van der Waals surface area contributed by atoms with Crippen molar-refractivity contribution in [2.75, 3.05) is 32.8 Å². The van der Waals surface area contributed by atoms with E-state index in [1.807, 2.05) is 6.07 Å². The van der Waals surface area contributed by atoms with Crippen LogP contribution in [0.25, 0.3) is 0 Å². The molecule has 2 fully saturated rings. The second-order valence-corrected chi connectivity index (χ2v) is 8.70. The molecule has 0 amide bonds. The van der Waals surface area contributed by atoms with Crippen LogP contribution in [0.1, 0.15) is 49.1 Å². The van der Waals surface area contributed by atoms with Gasteiger partial charge in [-0.05, 0) is 42.0 Å². The van der Waals surface area contributed by atoms with Crippen molar-refractivity contribution in [2.24, 2.45) is 5.92 Å². The van der Waals surface area contributed by atoms with Gasteiger partial charge in [0.1, 0.15) is 24.5 Å². The van der Waals surface area contributed by atoms with E-state index in [4.69, 9.17) is 4.74 Å². The standard InChI is InChI=1S/C25H32FNO2/c26-23-13-11-22(12-14-23)25(28,21-9-5-2-6-10-21)24(20-7-3-1-4-8-20)19-27-15-17-29-18-16-27/h1,3-4,7-8,11-14,21,24,28H,2,5-6,9-10,15-19H2/p+1/t24-,25-/m0/s1. The SMILES string of the molecule is O[C@](c1ccc(F)cc1)(C1CCCCC1)[C@@H](C[NH+]1CCOCC1)c1ccccc1. The first-order chi connectivity index (χ1) is 14.2. The Morgan fingerprint density at radius 3 is 2.28 bits per heavy atom. The topological polar surface area (TPSA) is 33.9 Å². The van der Waals surface area contributed by atoms with Crippen LogP contribution < -0.4 is 4.90 Å². The molecule has 156 valence electrons. The second-order valence-electron chi connectivity index (χ2n) is 8.70. The van der Waals surface area contributed by atoms with Gasteiger partial charge in [0, 0.05) is 0 Å². The molecule has 0 spiro atoms. The van der Waals surface area contributed by atoms with E-state index in [1.54, 1.807) is 12.1 Å². The van der Waals surface area contributed by atoms with Crippen LogP contribution in [0.2, 0.25) is 0 Å². The van der Waals surface area contributed by atoms with Crippen molar-refractivity contribution >= 4 is 0 Å². The predicted octanol–water partition coefficient (Wildman–Crippen LogP) is 3.29. The first-order valence-corrected chi connectivity index (χ1v) is 11.1. The van der Waals surface area contributed by atoms with Crippen molar-refractivity contribution in [1.29, 1.82) is 0 Å². The van der Waals surface area contributed by atoms with E-state index in [2.05, 4.69) is 24.3 Å². The Hall–Kier alpha value is -1.75. The van der Waals surface area contributed by atoms with Gasteiger partial charge in [-0.25, -0.2) is 4.39 Å². The molecule has 0 unspecified atom stereocenters. The monoisotopic (exact) mass is 398 g/mol. The van der Waals surface area contributed by atoms with Crippen LogP contribution in [-0.4, -0.2) is 38.0 Å². The van der Waals surface area contributed by atoms with Gasteiger partial charge in [0.05, 0.1) is 25.7 Å². The van der Waals surface area contributed by atoms with Crippen LogP contribution in [0, 0.1) is 11.7 Å². The zero-order valence-electron chi connectivity index (χ0n) is 17.2. The highest BCUT2D eigenvalue weighted by molar-refractivity contribution is 5.33. The van der Waals surface area contributed by atoms with E-state index in [1.165, 1.54) is 29.0 Å². The van der Waals surface area contributed by atoms with Gasteiger partial charge in [-0.2, -0.15) is 0 Å². The third-order valence-electron chi connectivity index (χ3n) is 6.96. The van der Waals surface area contributed by atoms with Gasteiger partial charge in [0.25, 0.3) is 0 Å². The van der Waals surface area contributed by atoms with Crippen LogP contribution in [0.5, 0.6) is 0 Å². The maximum Gasteiger partial charge on any atom is 0.123 e. The van der Waals surface area contributed by atoms with E-state index in [0.29, 0.717) is 0 Å². The normalized spacial score (nSPS) is 22.1. The lowest BCUT2D eigenvalue weighted by Gasteiger charge is -2.45. The van der Waals surface area contributed by atoms with Gasteiger partial charge in [0.2, 0.25) is 0 Å². The molecular weight excluding hydrogens is 365 g/mol. The molecular formula is C25H33FNO2+. The van der Waals surface area contributed by atoms with Crippen molar-refractivity contribution in [3.63, 3.8) is 0 Å². The Balaban J connectivity index is 1.76. The number of benzene rings is 2. The number of nitrogens with one attached hydrogen (secondary N) is 1. The molecule has 0 aromatic heterocycles. The zero-order valence-corrected chi connectivity index (χ0v) is 17.2. The third-order valence-corrected chi connectivity index (χ3v) is 6.96. The molecule has 4 rings (SSSR count). The summed E-state index contributed by atoms with van der Waals surface area (Å²) in [6.45, 7) is 4.34. The second kappa shape index (κ2) is 9.38. The average molecular weight is 399 g/mol. The van der Waals surface area contributed by atoms with Crippen LogP contribution in [0.15, 0.2) is 54.6 Å². The van der Waals surface area contributed by atoms with E-state index in [0.717, 1.165) is 64.1 Å². The fraction of sp³-hybridized carbons (Fsp3) is 0.520. The summed E-state index contributed by atoms with van der Waals surface area (Å²) in [5, 5.41) is 12.5. The van der Waals surface area contributed by atoms with Gasteiger partial charge in [-0.1, -0.05) is 61.7 Å². The number of quaternary nitrogens is 1. The van der Waals surface area contributed by atoms with Gasteiger partial charge in [0.15, 0.2) is 0 Å². The molecule has 1 heterocycles. The number of halogens is 1. The van der Waals surface area contributed by atoms with Crippen molar-refractivity contribution in [3.05, 3.63) is 71.5 Å². The Morgan fingerprint density at radius 1 is 0.966 bits per heavy atom. The number of rotatable bonds is 6. The molecule has 1 aliphatic heterocycles. The van der Waals surface area contributed by atoms with Crippen molar-refractivity contribution in [1.82, 2.24) is 0 Å². The van der Waals surface area contributed by atoms with Crippen molar-refractivity contribution < 1.29 is 19.1 Å². The molecule has 0 bridgehead atoms. The van der Waals surface area contributed by atoms with Crippen LogP contribution in [-0.2, 0) is 10.3 Å². The fourth-order valence-electron chi connectivity index (χ4n) is 5.35. The minimum absolute atomic E-state index is 0.0367. The molecule has 2 N–H and O–H groups in total. The number of aliphatic hydroxyl groups is 1. The first kappa shape index (κ1) is 20.5. The largest absolute Gasteiger partial charge is 0.384 e. The maximum absolute atomic E-state index is 13.7. The Morgan fingerprint density at radius 2 is 1.62 bits per heavy atom. The van der Waals surface area contributed by atoms with Gasteiger partial charge >= 0.3 is 0 Å². The molecule has 2 aromatic carbocycles. The fourth-order valence-corrected chi connectivity index (χ4v) is 5.35. The van der Waals surface area contributed by atoms with Gasteiger partial charge < -0.3 is 14.7 Å². The van der Waals surface area contributed by atoms with Crippen LogP contribution in [0.4, 0.5) is 4.39 Å². The highest BCUT2D eigenvalue weighted by Gasteiger charge is 2.47. The summed E-state index contributed by atoms with van der Waals surface area (Å²) in [7, 11) is 0. The lowest BCUT2D eigenvalue weighted by molar-refractivity contribution is -0.910. The van der Waals surface area contributed by atoms with E-state index >= 15 is 0 Å². The summed E-state index contributed by atoms with van der Waals surface area (Å²) >= 11 is 0. The number of hydrogen-bond acceptors (Lipinski definition) is 2. The Kier molecular flexibility index (Phi) is 6.63. The highest BCUT2D eigenvalue weighted by atomic mass is 19.1. The molecule has 1 aliphatic carbocycles. The minimum Gasteiger partial charge on any atom is -0.384 e. The summed E-state index contributed by atoms with van der Waals surface area (Å²) in [5.41, 5.74) is 1.03. The molecule has 29 heavy (non-hydrogen) atoms. The Labute approximate surface area is 173 Å². The molecule has 0 radical (unpaired) electrons. The summed E-state index contributed by atoms with van der Waals surface area (Å²) in [4.78, 5) is 1.47. The van der Waals surface area contributed by atoms with Crippen molar-refractivity contribution in [2.45, 2.75) is 43.6 Å². The van der Waals surface area contributed by atoms with E-state index in [-0.39, 0.29) is 17.7 Å². The molecule has 2 atom stereocenters. The molecule has 4 heteroatoms. The lowest BCUT2D eigenvalue weighted by atomic mass is 9.65. The number of hydrogen-bond donors (Lipinski definition) is 2. The highest BCUT2D eigenvalue weighted by Crippen LogP contribution is 2.47. The number of morpholine rings is 1. The van der Waals surface area contributed by atoms with E-state index < -0.39 is 5.60 Å².